The van der Waals surface area contributed by atoms with Crippen molar-refractivity contribution in [3.63, 3.8) is 0 Å². The number of pyridine rings is 1. The number of aromatic nitrogens is 1. The average molecular weight is 249 g/mol. The van der Waals surface area contributed by atoms with Crippen molar-refractivity contribution in [1.29, 1.82) is 0 Å². The third kappa shape index (κ3) is 2.98. The van der Waals surface area contributed by atoms with E-state index in [0.29, 0.717) is 24.5 Å². The van der Waals surface area contributed by atoms with Crippen molar-refractivity contribution >= 4 is 11.6 Å². The lowest BCUT2D eigenvalue weighted by Gasteiger charge is -2.34. The molecule has 1 fully saturated rings. The number of piperidine rings is 1. The zero-order valence-corrected chi connectivity index (χ0v) is 10.5. The van der Waals surface area contributed by atoms with Crippen molar-refractivity contribution < 1.29 is 9.90 Å². The maximum absolute atomic E-state index is 12.0. The van der Waals surface area contributed by atoms with E-state index in [1.165, 1.54) is 0 Å². The molecule has 0 radical (unpaired) electrons. The van der Waals surface area contributed by atoms with E-state index in [1.807, 2.05) is 6.92 Å². The summed E-state index contributed by atoms with van der Waals surface area (Å²) in [6.07, 6.45) is 2.25. The van der Waals surface area contributed by atoms with Gasteiger partial charge in [-0.2, -0.15) is 0 Å². The van der Waals surface area contributed by atoms with Gasteiger partial charge in [-0.1, -0.05) is 6.92 Å². The van der Waals surface area contributed by atoms with Gasteiger partial charge in [0.25, 0.3) is 0 Å². The molecule has 1 saturated heterocycles. The molecule has 2 rings (SSSR count). The van der Waals surface area contributed by atoms with Crippen LogP contribution in [-0.2, 0) is 11.2 Å². The van der Waals surface area contributed by atoms with Crippen molar-refractivity contribution in [2.75, 3.05) is 18.8 Å². The zero-order chi connectivity index (χ0) is 13.1. The van der Waals surface area contributed by atoms with Crippen LogP contribution in [0.4, 0.5) is 5.69 Å². The quantitative estimate of drug-likeness (QED) is 0.797. The van der Waals surface area contributed by atoms with Crippen molar-refractivity contribution in [2.45, 2.75) is 25.9 Å². The molecule has 0 aliphatic carbocycles. The van der Waals surface area contributed by atoms with E-state index >= 15 is 0 Å². The molecule has 2 unspecified atom stereocenters. The van der Waals surface area contributed by atoms with Crippen LogP contribution < -0.4 is 5.73 Å². The van der Waals surface area contributed by atoms with E-state index in [1.54, 1.807) is 23.2 Å². The van der Waals surface area contributed by atoms with Gasteiger partial charge in [-0.3, -0.25) is 9.78 Å². The summed E-state index contributed by atoms with van der Waals surface area (Å²) in [5, 5.41) is 9.77. The van der Waals surface area contributed by atoms with E-state index in [4.69, 9.17) is 5.73 Å². The molecule has 1 amide bonds. The number of β-amino-alcohol motifs (C(OH)–C–C–N with tert-alkyl or cyclic N) is 1. The summed E-state index contributed by atoms with van der Waals surface area (Å²) < 4.78 is 0. The fourth-order valence-electron chi connectivity index (χ4n) is 2.08. The van der Waals surface area contributed by atoms with E-state index in [9.17, 15) is 9.90 Å². The number of nitrogens with zero attached hydrogens (tertiary/aromatic N) is 2. The molecule has 1 aromatic heterocycles. The lowest BCUT2D eigenvalue weighted by Crippen LogP contribution is -2.46. The van der Waals surface area contributed by atoms with Crippen molar-refractivity contribution in [1.82, 2.24) is 9.88 Å². The van der Waals surface area contributed by atoms with Gasteiger partial charge < -0.3 is 15.7 Å². The number of nitrogens with two attached hydrogens (primary N) is 1. The molecule has 2 atom stereocenters. The highest BCUT2D eigenvalue weighted by Gasteiger charge is 2.27. The highest BCUT2D eigenvalue weighted by Crippen LogP contribution is 2.17. The Kier molecular flexibility index (Phi) is 3.81. The van der Waals surface area contributed by atoms with Crippen molar-refractivity contribution in [2.24, 2.45) is 5.92 Å². The maximum Gasteiger partial charge on any atom is 0.228 e. The maximum atomic E-state index is 12.0. The standard InChI is InChI=1S/C13H19N3O2/c1-9-4-5-16(8-12(9)17)13(18)6-11-3-2-10(14)7-15-11/h2-3,7,9,12,17H,4-6,8,14H2,1H3. The van der Waals surface area contributed by atoms with E-state index in [0.717, 1.165) is 6.42 Å². The minimum absolute atomic E-state index is 0.0122. The molecule has 1 aliphatic rings. The van der Waals surface area contributed by atoms with Gasteiger partial charge >= 0.3 is 0 Å². The molecule has 1 aliphatic heterocycles. The van der Waals surface area contributed by atoms with Gasteiger partial charge in [-0.25, -0.2) is 0 Å². The number of carbonyl (C=O) groups excluding carboxylic acids is 1. The van der Waals surface area contributed by atoms with Gasteiger partial charge in [0.1, 0.15) is 0 Å². The van der Waals surface area contributed by atoms with Crippen LogP contribution in [0.5, 0.6) is 0 Å². The second kappa shape index (κ2) is 5.35. The Balaban J connectivity index is 1.94. The van der Waals surface area contributed by atoms with Crippen LogP contribution in [0.25, 0.3) is 0 Å². The molecular formula is C13H19N3O2. The summed E-state index contributed by atoms with van der Waals surface area (Å²) in [5.41, 5.74) is 6.84. The fraction of sp³-hybridized carbons (Fsp3) is 0.538. The molecule has 18 heavy (non-hydrogen) atoms. The Labute approximate surface area is 107 Å². The van der Waals surface area contributed by atoms with Gasteiger partial charge in [0.05, 0.1) is 24.4 Å². The van der Waals surface area contributed by atoms with Gasteiger partial charge in [0.2, 0.25) is 5.91 Å². The monoisotopic (exact) mass is 249 g/mol. The molecule has 5 heteroatoms. The Morgan fingerprint density at radius 3 is 3.00 bits per heavy atom. The molecule has 0 bridgehead atoms. The second-order valence-corrected chi connectivity index (χ2v) is 4.93. The summed E-state index contributed by atoms with van der Waals surface area (Å²) in [7, 11) is 0. The third-order valence-corrected chi connectivity index (χ3v) is 3.45. The van der Waals surface area contributed by atoms with Crippen LogP contribution in [0.3, 0.4) is 0 Å². The summed E-state index contributed by atoms with van der Waals surface area (Å²) in [5.74, 6) is 0.280. The first-order chi connectivity index (χ1) is 8.56. The number of anilines is 1. The van der Waals surface area contributed by atoms with Crippen LogP contribution in [0.1, 0.15) is 19.0 Å². The van der Waals surface area contributed by atoms with Crippen molar-refractivity contribution in [3.8, 4) is 0 Å². The number of nitrogen functional groups attached to an aromatic ring is 1. The van der Waals surface area contributed by atoms with Crippen LogP contribution >= 0.6 is 0 Å². The number of aliphatic hydroxyl groups excluding tert-OH is 1. The molecule has 0 spiro atoms. The molecule has 3 N–H and O–H groups in total. The highest BCUT2D eigenvalue weighted by molar-refractivity contribution is 5.78. The fourth-order valence-corrected chi connectivity index (χ4v) is 2.08. The minimum atomic E-state index is -0.415. The Hall–Kier alpha value is -1.62. The number of carbonyl (C=O) groups is 1. The molecular weight excluding hydrogens is 230 g/mol. The Morgan fingerprint density at radius 1 is 1.61 bits per heavy atom. The van der Waals surface area contributed by atoms with E-state index in [2.05, 4.69) is 4.98 Å². The number of hydrogen-bond donors (Lipinski definition) is 2. The SMILES string of the molecule is CC1CCN(C(=O)Cc2ccc(N)cn2)CC1O. The lowest BCUT2D eigenvalue weighted by molar-refractivity contribution is -0.134. The summed E-state index contributed by atoms with van der Waals surface area (Å²) in [6.45, 7) is 3.15. The van der Waals surface area contributed by atoms with Crippen LogP contribution in [0.2, 0.25) is 0 Å². The lowest BCUT2D eigenvalue weighted by atomic mass is 9.96. The number of hydrogen-bond acceptors (Lipinski definition) is 4. The van der Waals surface area contributed by atoms with Crippen LogP contribution in [0.15, 0.2) is 18.3 Å². The zero-order valence-electron chi connectivity index (χ0n) is 10.5. The highest BCUT2D eigenvalue weighted by atomic mass is 16.3. The summed E-state index contributed by atoms with van der Waals surface area (Å²) >= 11 is 0. The molecule has 5 nitrogen and oxygen atoms in total. The molecule has 0 aromatic carbocycles. The predicted octanol–water partition coefficient (Wildman–Crippen LogP) is 0.436. The third-order valence-electron chi connectivity index (χ3n) is 3.45. The van der Waals surface area contributed by atoms with Gasteiger partial charge in [-0.15, -0.1) is 0 Å². The molecule has 1 aromatic rings. The largest absolute Gasteiger partial charge is 0.397 e. The molecule has 0 saturated carbocycles. The number of amides is 1. The minimum Gasteiger partial charge on any atom is -0.397 e. The number of aliphatic hydroxyl groups is 1. The molecule has 2 heterocycles. The normalized spacial score (nSPS) is 24.0. The van der Waals surface area contributed by atoms with E-state index in [-0.39, 0.29) is 18.2 Å². The average Bonchev–Trinajstić information content (AvgIpc) is 2.35. The van der Waals surface area contributed by atoms with Gasteiger partial charge in [-0.05, 0) is 24.5 Å². The van der Waals surface area contributed by atoms with E-state index < -0.39 is 6.10 Å². The summed E-state index contributed by atoms with van der Waals surface area (Å²) in [4.78, 5) is 17.9. The summed E-state index contributed by atoms with van der Waals surface area (Å²) in [6, 6.07) is 3.50. The Bertz CT molecular complexity index is 419. The first kappa shape index (κ1) is 12.8. The number of likely N-dealkylation sites (tertiary alicyclic amines) is 1. The first-order valence-electron chi connectivity index (χ1n) is 6.22. The number of rotatable bonds is 2. The van der Waals surface area contributed by atoms with Crippen molar-refractivity contribution in [3.05, 3.63) is 24.0 Å². The van der Waals surface area contributed by atoms with Crippen LogP contribution in [-0.4, -0.2) is 40.1 Å². The predicted molar refractivity (Wildman–Crippen MR) is 68.7 cm³/mol. The Morgan fingerprint density at radius 2 is 2.39 bits per heavy atom. The van der Waals surface area contributed by atoms with Gasteiger partial charge in [0.15, 0.2) is 0 Å². The van der Waals surface area contributed by atoms with Crippen LogP contribution in [0, 0.1) is 5.92 Å². The second-order valence-electron chi connectivity index (χ2n) is 4.93. The molecule has 98 valence electrons. The first-order valence-corrected chi connectivity index (χ1v) is 6.22. The topological polar surface area (TPSA) is 79.5 Å². The smallest absolute Gasteiger partial charge is 0.228 e. The van der Waals surface area contributed by atoms with Gasteiger partial charge in [0, 0.05) is 18.8 Å².